The van der Waals surface area contributed by atoms with Crippen LogP contribution in [0.15, 0.2) is 34.9 Å². The summed E-state index contributed by atoms with van der Waals surface area (Å²) >= 11 is 0. The lowest BCUT2D eigenvalue weighted by atomic mass is 10.2. The van der Waals surface area contributed by atoms with Gasteiger partial charge in [-0.1, -0.05) is 18.2 Å². The molecule has 1 amide bonds. The first kappa shape index (κ1) is 16.6. The first-order chi connectivity index (χ1) is 11.7. The summed E-state index contributed by atoms with van der Waals surface area (Å²) in [5, 5.41) is 2.69. The van der Waals surface area contributed by atoms with Crippen LogP contribution in [0.1, 0.15) is 41.7 Å². The number of benzene rings is 1. The van der Waals surface area contributed by atoms with E-state index < -0.39 is 0 Å². The van der Waals surface area contributed by atoms with Crippen LogP contribution in [0, 0.1) is 11.7 Å². The van der Waals surface area contributed by atoms with Crippen molar-refractivity contribution >= 4 is 5.91 Å². The monoisotopic (exact) mass is 331 g/mol. The topological polar surface area (TPSA) is 58.4 Å². The third-order valence-electron chi connectivity index (χ3n) is 4.05. The van der Waals surface area contributed by atoms with Crippen molar-refractivity contribution in [1.29, 1.82) is 0 Å². The van der Waals surface area contributed by atoms with Crippen LogP contribution in [-0.2, 0) is 13.1 Å². The van der Waals surface area contributed by atoms with Crippen molar-refractivity contribution in [3.05, 3.63) is 53.5 Å². The first-order valence-electron chi connectivity index (χ1n) is 8.34. The van der Waals surface area contributed by atoms with E-state index in [-0.39, 0.29) is 17.4 Å². The lowest BCUT2D eigenvalue weighted by Crippen LogP contribution is -2.26. The summed E-state index contributed by atoms with van der Waals surface area (Å²) in [6.45, 7) is 4.24. The van der Waals surface area contributed by atoms with Crippen LogP contribution in [-0.4, -0.2) is 28.9 Å². The maximum atomic E-state index is 13.9. The molecule has 1 fully saturated rings. The fourth-order valence-corrected chi connectivity index (χ4v) is 2.65. The van der Waals surface area contributed by atoms with Crippen molar-refractivity contribution in [1.82, 2.24) is 15.2 Å². The molecule has 2 aromatic rings. The van der Waals surface area contributed by atoms with E-state index in [1.807, 2.05) is 13.0 Å². The summed E-state index contributed by atoms with van der Waals surface area (Å²) in [6.07, 6.45) is 3.80. The van der Waals surface area contributed by atoms with Crippen molar-refractivity contribution < 1.29 is 13.6 Å². The molecule has 0 spiro atoms. The highest BCUT2D eigenvalue weighted by Crippen LogP contribution is 2.30. The van der Waals surface area contributed by atoms with Gasteiger partial charge in [0.05, 0.1) is 6.54 Å². The Balaban J connectivity index is 1.68. The molecule has 0 radical (unpaired) electrons. The summed E-state index contributed by atoms with van der Waals surface area (Å²) in [6, 6.07) is 6.80. The zero-order chi connectivity index (χ0) is 16.9. The Morgan fingerprint density at radius 1 is 1.38 bits per heavy atom. The molecule has 5 nitrogen and oxygen atoms in total. The Kier molecular flexibility index (Phi) is 5.25. The molecular formula is C18H22FN3O2. The lowest BCUT2D eigenvalue weighted by Gasteiger charge is -2.20. The van der Waals surface area contributed by atoms with E-state index in [2.05, 4.69) is 15.2 Å². The molecule has 1 aliphatic rings. The highest BCUT2D eigenvalue weighted by Gasteiger charge is 2.26. The third kappa shape index (κ3) is 4.41. The molecule has 128 valence electrons. The minimum Gasteiger partial charge on any atom is -0.447 e. The van der Waals surface area contributed by atoms with Gasteiger partial charge in [0.2, 0.25) is 5.89 Å². The average Bonchev–Trinajstić information content (AvgIpc) is 3.25. The average molecular weight is 331 g/mol. The number of aromatic nitrogens is 1. The molecule has 1 aromatic carbocycles. The molecule has 1 saturated carbocycles. The highest BCUT2D eigenvalue weighted by molar-refractivity contribution is 5.91. The number of hydrogen-bond donors (Lipinski definition) is 1. The number of nitrogens with one attached hydrogen (secondary N) is 1. The van der Waals surface area contributed by atoms with Gasteiger partial charge in [0.25, 0.3) is 5.91 Å². The normalized spacial score (nSPS) is 14.1. The van der Waals surface area contributed by atoms with Crippen LogP contribution in [0.25, 0.3) is 0 Å². The molecule has 0 saturated heterocycles. The molecule has 0 unspecified atom stereocenters. The van der Waals surface area contributed by atoms with E-state index in [1.54, 1.807) is 12.1 Å². The first-order valence-corrected chi connectivity index (χ1v) is 8.34. The zero-order valence-corrected chi connectivity index (χ0v) is 13.8. The maximum Gasteiger partial charge on any atom is 0.273 e. The van der Waals surface area contributed by atoms with Gasteiger partial charge >= 0.3 is 0 Å². The van der Waals surface area contributed by atoms with Gasteiger partial charge in [0.15, 0.2) is 5.69 Å². The van der Waals surface area contributed by atoms with Gasteiger partial charge in [-0.15, -0.1) is 0 Å². The third-order valence-corrected chi connectivity index (χ3v) is 4.05. The Hall–Kier alpha value is -2.21. The van der Waals surface area contributed by atoms with E-state index in [0.29, 0.717) is 37.0 Å². The summed E-state index contributed by atoms with van der Waals surface area (Å²) < 4.78 is 19.3. The summed E-state index contributed by atoms with van der Waals surface area (Å²) in [4.78, 5) is 18.1. The molecule has 1 heterocycles. The largest absolute Gasteiger partial charge is 0.447 e. The molecule has 1 aliphatic carbocycles. The van der Waals surface area contributed by atoms with Crippen LogP contribution in [0.5, 0.6) is 0 Å². The standard InChI is InChI=1S/C18H22FN3O2/c1-2-20-18(23)16-12-24-17(21-16)11-22(9-13-7-8-13)10-14-5-3-4-6-15(14)19/h3-6,12-13H,2,7-11H2,1H3,(H,20,23). The number of hydrogen-bond acceptors (Lipinski definition) is 4. The van der Waals surface area contributed by atoms with E-state index in [9.17, 15) is 9.18 Å². The Morgan fingerprint density at radius 2 is 2.17 bits per heavy atom. The summed E-state index contributed by atoms with van der Waals surface area (Å²) in [5.74, 6) is 0.701. The van der Waals surface area contributed by atoms with Crippen LogP contribution in [0.2, 0.25) is 0 Å². The van der Waals surface area contributed by atoms with Crippen LogP contribution in [0.4, 0.5) is 4.39 Å². The fourth-order valence-electron chi connectivity index (χ4n) is 2.65. The molecule has 0 aliphatic heterocycles. The molecule has 6 heteroatoms. The SMILES string of the molecule is CCNC(=O)c1coc(CN(Cc2ccccc2F)CC2CC2)n1. The minimum atomic E-state index is -0.240. The van der Waals surface area contributed by atoms with Crippen molar-refractivity contribution in [2.24, 2.45) is 5.92 Å². The van der Waals surface area contributed by atoms with Crippen LogP contribution in [0.3, 0.4) is 0 Å². The number of carbonyl (C=O) groups excluding carboxylic acids is 1. The zero-order valence-electron chi connectivity index (χ0n) is 13.8. The van der Waals surface area contributed by atoms with Gasteiger partial charge in [0, 0.05) is 25.2 Å². The van der Waals surface area contributed by atoms with Gasteiger partial charge in [-0.2, -0.15) is 0 Å². The molecule has 0 bridgehead atoms. The van der Waals surface area contributed by atoms with Crippen molar-refractivity contribution in [3.63, 3.8) is 0 Å². The molecule has 1 N–H and O–H groups in total. The fraction of sp³-hybridized carbons (Fsp3) is 0.444. The highest BCUT2D eigenvalue weighted by atomic mass is 19.1. The van der Waals surface area contributed by atoms with Gasteiger partial charge < -0.3 is 9.73 Å². The molecule has 3 rings (SSSR count). The number of oxazole rings is 1. The number of amides is 1. The number of carbonyl (C=O) groups is 1. The Labute approximate surface area is 140 Å². The minimum absolute atomic E-state index is 0.200. The lowest BCUT2D eigenvalue weighted by molar-refractivity contribution is 0.0950. The van der Waals surface area contributed by atoms with E-state index in [1.165, 1.54) is 25.2 Å². The van der Waals surface area contributed by atoms with Gasteiger partial charge in [-0.05, 0) is 31.7 Å². The maximum absolute atomic E-state index is 13.9. The second kappa shape index (κ2) is 7.57. The van der Waals surface area contributed by atoms with Gasteiger partial charge in [-0.3, -0.25) is 9.69 Å². The molecule has 0 atom stereocenters. The smallest absolute Gasteiger partial charge is 0.273 e. The quantitative estimate of drug-likeness (QED) is 0.808. The summed E-state index contributed by atoms with van der Waals surface area (Å²) in [5.41, 5.74) is 0.942. The second-order valence-corrected chi connectivity index (χ2v) is 6.19. The Morgan fingerprint density at radius 3 is 2.88 bits per heavy atom. The summed E-state index contributed by atoms with van der Waals surface area (Å²) in [7, 11) is 0. The van der Waals surface area contributed by atoms with Crippen molar-refractivity contribution in [3.8, 4) is 0 Å². The van der Waals surface area contributed by atoms with E-state index in [4.69, 9.17) is 4.42 Å². The van der Waals surface area contributed by atoms with Crippen LogP contribution >= 0.6 is 0 Å². The number of rotatable bonds is 8. The van der Waals surface area contributed by atoms with Gasteiger partial charge in [0.1, 0.15) is 12.1 Å². The second-order valence-electron chi connectivity index (χ2n) is 6.19. The molecule has 1 aromatic heterocycles. The van der Waals surface area contributed by atoms with E-state index >= 15 is 0 Å². The Bertz CT molecular complexity index is 697. The number of nitrogens with zero attached hydrogens (tertiary/aromatic N) is 2. The molecule has 24 heavy (non-hydrogen) atoms. The molecular weight excluding hydrogens is 309 g/mol. The number of halogens is 1. The van der Waals surface area contributed by atoms with Crippen molar-refractivity contribution in [2.45, 2.75) is 32.9 Å². The van der Waals surface area contributed by atoms with E-state index in [0.717, 1.165) is 6.54 Å². The van der Waals surface area contributed by atoms with Crippen LogP contribution < -0.4 is 5.32 Å². The van der Waals surface area contributed by atoms with Crippen molar-refractivity contribution in [2.75, 3.05) is 13.1 Å². The predicted octanol–water partition coefficient (Wildman–Crippen LogP) is 2.98. The van der Waals surface area contributed by atoms with Gasteiger partial charge in [-0.25, -0.2) is 9.37 Å². The predicted molar refractivity (Wildman–Crippen MR) is 87.7 cm³/mol.